The van der Waals surface area contributed by atoms with Crippen molar-refractivity contribution in [1.82, 2.24) is 59.2 Å². The van der Waals surface area contributed by atoms with Crippen molar-refractivity contribution in [2.45, 2.75) is 47.3 Å². The van der Waals surface area contributed by atoms with Crippen molar-refractivity contribution in [2.75, 3.05) is 16.0 Å². The van der Waals surface area contributed by atoms with E-state index in [1.807, 2.05) is 82.8 Å². The summed E-state index contributed by atoms with van der Waals surface area (Å²) in [4.78, 5) is 36.2. The van der Waals surface area contributed by atoms with Gasteiger partial charge in [-0.1, -0.05) is 100 Å². The van der Waals surface area contributed by atoms with Crippen molar-refractivity contribution in [3.8, 4) is 0 Å². The number of fused-ring (bicyclic) bond motifs is 3. The van der Waals surface area contributed by atoms with Crippen LogP contribution in [0.25, 0.3) is 33.4 Å². The van der Waals surface area contributed by atoms with Gasteiger partial charge in [-0.2, -0.15) is 5.10 Å². The molecule has 0 aliphatic heterocycles. The molecule has 0 aliphatic rings. The van der Waals surface area contributed by atoms with Crippen LogP contribution >= 0.6 is 0 Å². The van der Waals surface area contributed by atoms with E-state index in [0.717, 1.165) is 38.8 Å². The minimum Gasteiger partial charge on any atom is -0.423 e. The topological polar surface area (TPSA) is 299 Å². The van der Waals surface area contributed by atoms with E-state index < -0.39 is 21.4 Å². The summed E-state index contributed by atoms with van der Waals surface area (Å²) in [7, 11) is -0.593. The van der Waals surface area contributed by atoms with Crippen LogP contribution < -0.4 is 32.3 Å². The average Bonchev–Trinajstić information content (AvgIpc) is 4.10. The number of benzene rings is 3. The van der Waals surface area contributed by atoms with Crippen molar-refractivity contribution < 1.29 is 30.1 Å². The van der Waals surface area contributed by atoms with Crippen LogP contribution in [0.5, 0.6) is 0 Å². The first-order valence-electron chi connectivity index (χ1n) is 21.0. The number of anilines is 3. The summed E-state index contributed by atoms with van der Waals surface area (Å²) in [5.74, 6) is 2.11. The van der Waals surface area contributed by atoms with Gasteiger partial charge in [-0.15, -0.1) is 0 Å². The smallest absolute Gasteiger partial charge is 0.423 e. The van der Waals surface area contributed by atoms with Crippen molar-refractivity contribution >= 4 is 88.6 Å². The van der Waals surface area contributed by atoms with E-state index in [9.17, 15) is 0 Å². The molecular weight excluding hydrogens is 843 g/mol. The van der Waals surface area contributed by atoms with Gasteiger partial charge in [0.05, 0.1) is 18.9 Å². The molecule has 0 saturated carbocycles. The van der Waals surface area contributed by atoms with E-state index in [-0.39, 0.29) is 0 Å². The van der Waals surface area contributed by atoms with Crippen LogP contribution in [0.3, 0.4) is 0 Å². The molecule has 66 heavy (non-hydrogen) atoms. The fourth-order valence-electron chi connectivity index (χ4n) is 6.13. The molecule has 0 amide bonds. The first-order chi connectivity index (χ1) is 32.0. The number of nitrogens with one attached hydrogen (secondary N) is 4. The van der Waals surface area contributed by atoms with E-state index in [2.05, 4.69) is 65.9 Å². The Labute approximate surface area is 381 Å². The van der Waals surface area contributed by atoms with Crippen molar-refractivity contribution in [1.29, 1.82) is 0 Å². The van der Waals surface area contributed by atoms with Gasteiger partial charge in [0.15, 0.2) is 28.7 Å². The zero-order valence-electron chi connectivity index (χ0n) is 37.3. The maximum Gasteiger partial charge on any atom is 0.488 e. The summed E-state index contributed by atoms with van der Waals surface area (Å²) in [5.41, 5.74) is 8.91. The molecule has 6 aromatic heterocycles. The maximum atomic E-state index is 9.06. The Balaban J connectivity index is 0.000000179. The summed E-state index contributed by atoms with van der Waals surface area (Å²) in [6.07, 6.45) is 9.39. The van der Waals surface area contributed by atoms with Gasteiger partial charge >= 0.3 is 21.4 Å². The Morgan fingerprint density at radius 3 is 1.41 bits per heavy atom. The normalized spacial score (nSPS) is 10.3. The second-order valence-corrected chi connectivity index (χ2v) is 13.7. The van der Waals surface area contributed by atoms with E-state index in [1.165, 1.54) is 19.0 Å². The molecule has 0 aliphatic carbocycles. The van der Waals surface area contributed by atoms with Crippen LogP contribution in [0.2, 0.25) is 0 Å². The Morgan fingerprint density at radius 1 is 0.500 bits per heavy atom. The molecule has 6 heterocycles. The molecule has 0 spiro atoms. The molecule has 0 bridgehead atoms. The second-order valence-electron chi connectivity index (χ2n) is 13.7. The number of H-pyrrole nitrogens is 1. The summed E-state index contributed by atoms with van der Waals surface area (Å²) < 4.78 is 3.59. The van der Waals surface area contributed by atoms with Crippen molar-refractivity contribution in [2.24, 2.45) is 14.1 Å². The van der Waals surface area contributed by atoms with Gasteiger partial charge in [-0.3, -0.25) is 4.68 Å². The molecule has 0 atom stereocenters. The van der Waals surface area contributed by atoms with Gasteiger partial charge in [-0.25, -0.2) is 39.9 Å². The average molecular weight is 895 g/mol. The largest absolute Gasteiger partial charge is 0.488 e. The molecular formula is C42H52B3N15O6. The van der Waals surface area contributed by atoms with E-state index in [0.29, 0.717) is 64.8 Å². The lowest BCUT2D eigenvalue weighted by Crippen LogP contribution is -2.29. The lowest BCUT2D eigenvalue weighted by atomic mass is 9.80. The highest BCUT2D eigenvalue weighted by Gasteiger charge is 2.14. The van der Waals surface area contributed by atoms with E-state index in [4.69, 9.17) is 30.1 Å². The number of hydrogen-bond acceptors (Lipinski definition) is 18. The van der Waals surface area contributed by atoms with Gasteiger partial charge in [0.1, 0.15) is 41.0 Å². The number of aromatic nitrogens is 12. The van der Waals surface area contributed by atoms with Crippen LogP contribution in [0, 0.1) is 0 Å². The first-order valence-corrected chi connectivity index (χ1v) is 21.0. The quantitative estimate of drug-likeness (QED) is 0.0766. The van der Waals surface area contributed by atoms with Crippen LogP contribution in [0.1, 0.15) is 44.4 Å². The van der Waals surface area contributed by atoms with Gasteiger partial charge in [0, 0.05) is 33.7 Å². The standard InChI is InChI=1S/2C13H14BN5O2.C12H12BN5O2.2C2H6/c1-19-8-18-13-11(19)12(16-7-17-13)15-6-9-2-4-10(5-3-9)14(20)21;1-19-12-11(7-18-19)16-8-17-13(12)15-6-9-2-4-10(5-3-9)14(20)21;19-13(20)9-3-1-8(2-4-9)5-14-11-10-12(16-6-15-10)18-7-17-11;2*1-2/h2*2-5,7-8,20-21H,6H2,1H3,(H,15,16,17);1-4,6-7,19-20H,5H2,(H2,14,15,16,17,18);2*1-2H3. The molecule has 3 aromatic carbocycles. The molecule has 21 nitrogen and oxygen atoms in total. The Kier molecular flexibility index (Phi) is 18.6. The number of imidazole rings is 2. The summed E-state index contributed by atoms with van der Waals surface area (Å²) >= 11 is 0. The third-order valence-electron chi connectivity index (χ3n) is 9.47. The zero-order chi connectivity index (χ0) is 47.6. The summed E-state index contributed by atoms with van der Waals surface area (Å²) in [5, 5.41) is 68.1. The summed E-state index contributed by atoms with van der Waals surface area (Å²) in [6.45, 7) is 9.70. The lowest BCUT2D eigenvalue weighted by Gasteiger charge is -2.08. The third kappa shape index (κ3) is 13.1. The molecule has 0 fully saturated rings. The lowest BCUT2D eigenvalue weighted by molar-refractivity contribution is 0.424. The van der Waals surface area contributed by atoms with Crippen molar-refractivity contribution in [3.05, 3.63) is 127 Å². The maximum absolute atomic E-state index is 9.06. The van der Waals surface area contributed by atoms with Crippen molar-refractivity contribution in [3.63, 3.8) is 0 Å². The SMILES string of the molecule is CC.CC.Cn1cnc2ncnc(NCc3ccc(B(O)O)cc3)c21.Cn1ncc2ncnc(NCc3ccc(B(O)O)cc3)c21.OB(O)c1ccc(CNc2ncnc3nc[nH]c23)cc1. The highest BCUT2D eigenvalue weighted by molar-refractivity contribution is 6.59. The number of aryl methyl sites for hydroxylation is 2. The molecule has 10 N–H and O–H groups in total. The van der Waals surface area contributed by atoms with Crippen LogP contribution in [0.4, 0.5) is 17.5 Å². The molecule has 0 radical (unpaired) electrons. The van der Waals surface area contributed by atoms with Crippen LogP contribution in [-0.4, -0.2) is 111 Å². The molecule has 340 valence electrons. The third-order valence-corrected chi connectivity index (χ3v) is 9.47. The first kappa shape index (κ1) is 49.7. The number of nitrogens with zero attached hydrogens (tertiary/aromatic N) is 11. The minimum atomic E-state index is -1.44. The molecule has 0 saturated heterocycles. The number of rotatable bonds is 12. The van der Waals surface area contributed by atoms with Crippen LogP contribution in [0.15, 0.2) is 111 Å². The Hall–Kier alpha value is -7.34. The monoisotopic (exact) mass is 895 g/mol. The fraction of sp³-hybridized carbons (Fsp3) is 0.214. The Bertz CT molecular complexity index is 2710. The zero-order valence-corrected chi connectivity index (χ0v) is 37.3. The van der Waals surface area contributed by atoms with Crippen LogP contribution in [-0.2, 0) is 33.7 Å². The highest BCUT2D eigenvalue weighted by atomic mass is 16.4. The molecule has 24 heteroatoms. The number of hydrogen-bond donors (Lipinski definition) is 10. The van der Waals surface area contributed by atoms with Gasteiger partial charge in [0.25, 0.3) is 0 Å². The molecule has 9 rings (SSSR count). The van der Waals surface area contributed by atoms with E-state index >= 15 is 0 Å². The van der Waals surface area contributed by atoms with Gasteiger partial charge in [-0.05, 0) is 33.1 Å². The molecule has 0 unspecified atom stereocenters. The summed E-state index contributed by atoms with van der Waals surface area (Å²) in [6, 6.07) is 21.1. The minimum absolute atomic E-state index is 0.465. The molecule has 9 aromatic rings. The predicted octanol–water partition coefficient (Wildman–Crippen LogP) is 1.01. The van der Waals surface area contributed by atoms with E-state index in [1.54, 1.807) is 59.9 Å². The Morgan fingerprint density at radius 2 is 0.924 bits per heavy atom. The highest BCUT2D eigenvalue weighted by Crippen LogP contribution is 2.20. The number of aromatic amines is 1. The predicted molar refractivity (Wildman–Crippen MR) is 258 cm³/mol. The van der Waals surface area contributed by atoms with Gasteiger partial charge in [0.2, 0.25) is 0 Å². The fourth-order valence-corrected chi connectivity index (χ4v) is 6.13. The van der Waals surface area contributed by atoms with Gasteiger partial charge < -0.3 is 55.6 Å². The second kappa shape index (κ2) is 24.7.